The van der Waals surface area contributed by atoms with E-state index in [1.807, 2.05) is 19.1 Å². The molecule has 2 aliphatic heterocycles. The van der Waals surface area contributed by atoms with E-state index in [2.05, 4.69) is 58.7 Å². The van der Waals surface area contributed by atoms with Gasteiger partial charge in [0.1, 0.15) is 5.60 Å². The smallest absolute Gasteiger partial charge is 0.337 e. The molecule has 2 heterocycles. The predicted molar refractivity (Wildman–Crippen MR) is 176 cm³/mol. The number of allylic oxidation sites excluding steroid dienone is 2. The van der Waals surface area contributed by atoms with E-state index < -0.39 is 28.4 Å². The van der Waals surface area contributed by atoms with Crippen LogP contribution in [-0.4, -0.2) is 53.6 Å². The number of hydrogen-bond acceptors (Lipinski definition) is 8. The first-order chi connectivity index (χ1) is 22.1. The molecule has 46 heavy (non-hydrogen) atoms. The summed E-state index contributed by atoms with van der Waals surface area (Å²) in [7, 11) is 0. The summed E-state index contributed by atoms with van der Waals surface area (Å²) in [5.41, 5.74) is 3.60. The van der Waals surface area contributed by atoms with Crippen LogP contribution in [0.3, 0.4) is 0 Å². The Labute approximate surface area is 270 Å². The second-order valence-corrected chi connectivity index (χ2v) is 12.2. The summed E-state index contributed by atoms with van der Waals surface area (Å²) < 4.78 is 11.7. The number of non-ortho nitro benzene ring substituents is 1. The lowest BCUT2D eigenvalue weighted by atomic mass is 9.80. The van der Waals surface area contributed by atoms with Crippen molar-refractivity contribution in [1.82, 2.24) is 10.2 Å². The van der Waals surface area contributed by atoms with E-state index in [0.717, 1.165) is 19.5 Å². The summed E-state index contributed by atoms with van der Waals surface area (Å²) in [5, 5.41) is 14.8. The molecule has 9 nitrogen and oxygen atoms in total. The summed E-state index contributed by atoms with van der Waals surface area (Å²) in [6, 6.07) is 27.0. The van der Waals surface area contributed by atoms with Gasteiger partial charge in [-0.15, -0.1) is 0 Å². The van der Waals surface area contributed by atoms with Gasteiger partial charge in [-0.1, -0.05) is 72.8 Å². The van der Waals surface area contributed by atoms with Crippen LogP contribution in [0.5, 0.6) is 0 Å². The zero-order valence-corrected chi connectivity index (χ0v) is 26.8. The fourth-order valence-corrected chi connectivity index (χ4v) is 6.68. The molecule has 1 fully saturated rings. The maximum Gasteiger partial charge on any atom is 0.337 e. The Morgan fingerprint density at radius 3 is 2.15 bits per heavy atom. The normalized spacial score (nSPS) is 20.1. The number of carbonyl (C=O) groups is 2. The quantitative estimate of drug-likeness (QED) is 0.144. The molecule has 0 radical (unpaired) electrons. The number of esters is 2. The number of ether oxygens (including phenoxy) is 2. The average molecular weight is 624 g/mol. The molecule has 9 heteroatoms. The van der Waals surface area contributed by atoms with E-state index in [9.17, 15) is 19.7 Å². The number of nitrogens with one attached hydrogen (secondary N) is 1. The Morgan fingerprint density at radius 2 is 1.57 bits per heavy atom. The van der Waals surface area contributed by atoms with Crippen molar-refractivity contribution in [2.75, 3.05) is 26.2 Å². The molecule has 1 N–H and O–H groups in total. The molecule has 0 saturated carbocycles. The number of likely N-dealkylation sites (tertiary alicyclic amines) is 1. The Balaban J connectivity index is 1.36. The molecule has 1 saturated heterocycles. The van der Waals surface area contributed by atoms with Crippen LogP contribution in [0.2, 0.25) is 0 Å². The molecule has 3 aromatic carbocycles. The number of nitrogens with zero attached hydrogens (tertiary/aromatic N) is 2. The van der Waals surface area contributed by atoms with Crippen molar-refractivity contribution in [2.45, 2.75) is 58.0 Å². The maximum atomic E-state index is 14.1. The number of nitro benzene ring substituents is 1. The van der Waals surface area contributed by atoms with Crippen LogP contribution in [0.4, 0.5) is 5.69 Å². The van der Waals surface area contributed by atoms with Crippen molar-refractivity contribution >= 4 is 17.6 Å². The zero-order chi connectivity index (χ0) is 32.8. The lowest BCUT2D eigenvalue weighted by Crippen LogP contribution is -2.39. The zero-order valence-electron chi connectivity index (χ0n) is 26.8. The topological polar surface area (TPSA) is 111 Å². The Hall–Kier alpha value is -4.76. The Morgan fingerprint density at radius 1 is 0.957 bits per heavy atom. The molecule has 0 aliphatic carbocycles. The molecule has 0 aromatic heterocycles. The summed E-state index contributed by atoms with van der Waals surface area (Å²) in [4.78, 5) is 40.8. The molecule has 3 aromatic rings. The van der Waals surface area contributed by atoms with Crippen molar-refractivity contribution in [3.63, 3.8) is 0 Å². The van der Waals surface area contributed by atoms with Crippen LogP contribution < -0.4 is 5.32 Å². The van der Waals surface area contributed by atoms with Gasteiger partial charge in [0.2, 0.25) is 0 Å². The number of dihydropyridines is 1. The van der Waals surface area contributed by atoms with Gasteiger partial charge < -0.3 is 14.8 Å². The lowest BCUT2D eigenvalue weighted by Gasteiger charge is -2.33. The van der Waals surface area contributed by atoms with Gasteiger partial charge >= 0.3 is 11.9 Å². The molecular weight excluding hydrogens is 582 g/mol. The first-order valence-electron chi connectivity index (χ1n) is 15.8. The van der Waals surface area contributed by atoms with E-state index in [1.54, 1.807) is 32.9 Å². The van der Waals surface area contributed by atoms with E-state index in [0.29, 0.717) is 29.9 Å². The highest BCUT2D eigenvalue weighted by molar-refractivity contribution is 6.00. The standard InChI is InChI=1S/C37H41N3O6/c1-5-45-35(41)32-25(2)38-26(3)33(34(32)29-17-12-18-30(23-29)40(43)44)36(42)46-37(4)20-22-39(24-37)21-19-31(27-13-8-6-9-14-27)28-15-10-7-11-16-28/h6-18,23,31,34,38H,5,19-22,24H2,1-4H3/t34-,37-/m0/s1. The Bertz CT molecular complexity index is 1610. The molecule has 5 rings (SSSR count). The molecule has 0 amide bonds. The monoisotopic (exact) mass is 623 g/mol. The number of nitro groups is 1. The molecule has 2 atom stereocenters. The third kappa shape index (κ3) is 7.21. The van der Waals surface area contributed by atoms with Crippen LogP contribution in [0.25, 0.3) is 0 Å². The maximum absolute atomic E-state index is 14.1. The van der Waals surface area contributed by atoms with Gasteiger partial charge in [-0.3, -0.25) is 15.0 Å². The van der Waals surface area contributed by atoms with Gasteiger partial charge in [-0.2, -0.15) is 0 Å². The van der Waals surface area contributed by atoms with Gasteiger partial charge in [-0.25, -0.2) is 9.59 Å². The van der Waals surface area contributed by atoms with E-state index in [4.69, 9.17) is 9.47 Å². The third-order valence-electron chi connectivity index (χ3n) is 8.88. The van der Waals surface area contributed by atoms with Crippen LogP contribution in [0, 0.1) is 10.1 Å². The van der Waals surface area contributed by atoms with Crippen molar-refractivity contribution < 1.29 is 24.0 Å². The van der Waals surface area contributed by atoms with Crippen molar-refractivity contribution in [3.8, 4) is 0 Å². The van der Waals surface area contributed by atoms with Gasteiger partial charge in [0.05, 0.1) is 28.6 Å². The molecule has 0 unspecified atom stereocenters. The van der Waals surface area contributed by atoms with Crippen LogP contribution in [-0.2, 0) is 19.1 Å². The minimum atomic E-state index is -0.897. The fourth-order valence-electron chi connectivity index (χ4n) is 6.68. The van der Waals surface area contributed by atoms with Crippen LogP contribution in [0.15, 0.2) is 107 Å². The molecule has 240 valence electrons. The summed E-state index contributed by atoms with van der Waals surface area (Å²) >= 11 is 0. The van der Waals surface area contributed by atoms with Gasteiger partial charge in [-0.05, 0) is 57.4 Å². The fraction of sp³-hybridized carbons (Fsp3) is 0.351. The van der Waals surface area contributed by atoms with Gasteiger partial charge in [0, 0.05) is 49.0 Å². The van der Waals surface area contributed by atoms with Crippen LogP contribution in [0.1, 0.15) is 69.1 Å². The van der Waals surface area contributed by atoms with Crippen LogP contribution >= 0.6 is 0 Å². The van der Waals surface area contributed by atoms with Gasteiger partial charge in [0.25, 0.3) is 5.69 Å². The highest BCUT2D eigenvalue weighted by atomic mass is 16.6. The second-order valence-electron chi connectivity index (χ2n) is 12.2. The second kappa shape index (κ2) is 14.1. The minimum Gasteiger partial charge on any atom is -0.463 e. The summed E-state index contributed by atoms with van der Waals surface area (Å²) in [6.07, 6.45) is 1.56. The van der Waals surface area contributed by atoms with Crippen molar-refractivity contribution in [1.29, 1.82) is 0 Å². The molecule has 2 aliphatic rings. The average Bonchev–Trinajstić information content (AvgIpc) is 3.41. The molecule has 0 spiro atoms. The molecular formula is C37H41N3O6. The minimum absolute atomic E-state index is 0.134. The highest BCUT2D eigenvalue weighted by Crippen LogP contribution is 2.41. The van der Waals surface area contributed by atoms with E-state index >= 15 is 0 Å². The number of carbonyl (C=O) groups excluding carboxylic acids is 2. The van der Waals surface area contributed by atoms with Gasteiger partial charge in [0.15, 0.2) is 0 Å². The lowest BCUT2D eigenvalue weighted by molar-refractivity contribution is -0.384. The van der Waals surface area contributed by atoms with Crippen molar-refractivity contribution in [2.24, 2.45) is 0 Å². The van der Waals surface area contributed by atoms with E-state index in [1.165, 1.54) is 23.3 Å². The summed E-state index contributed by atoms with van der Waals surface area (Å²) in [5.74, 6) is -1.81. The third-order valence-corrected chi connectivity index (χ3v) is 8.88. The first-order valence-corrected chi connectivity index (χ1v) is 15.8. The molecule has 0 bridgehead atoms. The highest BCUT2D eigenvalue weighted by Gasteiger charge is 2.43. The predicted octanol–water partition coefficient (Wildman–Crippen LogP) is 6.62. The number of benzene rings is 3. The summed E-state index contributed by atoms with van der Waals surface area (Å²) in [6.45, 7) is 9.45. The number of rotatable bonds is 11. The largest absolute Gasteiger partial charge is 0.463 e. The SMILES string of the molecule is CCOC(=O)C1=C(C)NC(C)=C(C(=O)O[C@@]2(C)CCN(CCC(c3ccccc3)c3ccccc3)C2)[C@H]1c1cccc([N+](=O)[O-])c1. The van der Waals surface area contributed by atoms with Crippen molar-refractivity contribution in [3.05, 3.63) is 134 Å². The number of hydrogen-bond donors (Lipinski definition) is 1. The first kappa shape index (κ1) is 32.6. The van der Waals surface area contributed by atoms with E-state index in [-0.39, 0.29) is 29.4 Å². The Kier molecular flexibility index (Phi) is 10.0.